The molecule has 1 N–H and O–H groups in total. The minimum absolute atomic E-state index is 0.122. The Hall–Kier alpha value is -1.75. The molecule has 0 bridgehead atoms. The van der Waals surface area contributed by atoms with E-state index in [4.69, 9.17) is 12.2 Å². The maximum atomic E-state index is 12.8. The van der Waals surface area contributed by atoms with Gasteiger partial charge in [-0.2, -0.15) is 0 Å². The molecular formula is C14H15FN2OS. The maximum Gasteiger partial charge on any atom is 0.276 e. The van der Waals surface area contributed by atoms with Crippen molar-refractivity contribution < 1.29 is 9.18 Å². The molecule has 2 rings (SSSR count). The number of carbonyl (C=O) groups excluding carboxylic acids is 1. The van der Waals surface area contributed by atoms with Crippen molar-refractivity contribution in [1.82, 2.24) is 10.2 Å². The smallest absolute Gasteiger partial charge is 0.276 e. The Bertz CT molecular complexity index is 525. The van der Waals surface area contributed by atoms with Crippen molar-refractivity contribution in [2.24, 2.45) is 0 Å². The molecule has 100 valence electrons. The first-order valence-electron chi connectivity index (χ1n) is 6.22. The molecule has 0 atom stereocenters. The van der Waals surface area contributed by atoms with Crippen LogP contribution in [0.4, 0.5) is 4.39 Å². The van der Waals surface area contributed by atoms with Gasteiger partial charge in [0.1, 0.15) is 11.5 Å². The third-order valence-corrected chi connectivity index (χ3v) is 3.20. The average Bonchev–Trinajstić information content (AvgIpc) is 2.65. The van der Waals surface area contributed by atoms with E-state index in [1.165, 1.54) is 12.1 Å². The van der Waals surface area contributed by atoms with Crippen molar-refractivity contribution >= 4 is 29.3 Å². The summed E-state index contributed by atoms with van der Waals surface area (Å²) in [7, 11) is 0. The van der Waals surface area contributed by atoms with Crippen molar-refractivity contribution in [3.8, 4) is 0 Å². The first-order chi connectivity index (χ1) is 9.11. The third kappa shape index (κ3) is 3.17. The Morgan fingerprint density at radius 1 is 1.37 bits per heavy atom. The predicted molar refractivity (Wildman–Crippen MR) is 76.7 cm³/mol. The number of carbonyl (C=O) groups is 1. The molecule has 1 heterocycles. The van der Waals surface area contributed by atoms with Gasteiger partial charge in [0, 0.05) is 6.54 Å². The molecule has 0 saturated carbocycles. The minimum atomic E-state index is -0.298. The number of thiocarbonyl (C=S) groups is 1. The molecule has 0 spiro atoms. The quantitative estimate of drug-likeness (QED) is 0.679. The highest BCUT2D eigenvalue weighted by atomic mass is 32.1. The van der Waals surface area contributed by atoms with Gasteiger partial charge in [0.25, 0.3) is 5.91 Å². The molecule has 0 aliphatic carbocycles. The third-order valence-electron chi connectivity index (χ3n) is 2.88. The summed E-state index contributed by atoms with van der Waals surface area (Å²) in [5, 5.41) is 3.34. The van der Waals surface area contributed by atoms with Gasteiger partial charge in [-0.1, -0.05) is 25.5 Å². The van der Waals surface area contributed by atoms with Gasteiger partial charge < -0.3 is 5.32 Å². The molecular weight excluding hydrogens is 263 g/mol. The van der Waals surface area contributed by atoms with Crippen LogP contribution in [0, 0.1) is 5.82 Å². The van der Waals surface area contributed by atoms with Crippen LogP contribution in [0.3, 0.4) is 0 Å². The molecule has 1 amide bonds. The highest BCUT2D eigenvalue weighted by molar-refractivity contribution is 7.80. The largest absolute Gasteiger partial charge is 0.328 e. The van der Waals surface area contributed by atoms with E-state index in [9.17, 15) is 9.18 Å². The predicted octanol–water partition coefficient (Wildman–Crippen LogP) is 2.68. The van der Waals surface area contributed by atoms with E-state index in [1.54, 1.807) is 23.1 Å². The standard InChI is InChI=1S/C14H15FN2OS/c1-2-3-8-17-13(18)12(16-14(17)19)9-10-4-6-11(15)7-5-10/h4-7,9H,2-3,8H2,1H3,(H,16,19)/b12-9-. The Morgan fingerprint density at radius 3 is 2.68 bits per heavy atom. The summed E-state index contributed by atoms with van der Waals surface area (Å²) in [4.78, 5) is 13.7. The van der Waals surface area contributed by atoms with Gasteiger partial charge in [0.05, 0.1) is 0 Å². The van der Waals surface area contributed by atoms with Crippen LogP contribution in [0.1, 0.15) is 25.3 Å². The maximum absolute atomic E-state index is 12.8. The van der Waals surface area contributed by atoms with Crippen molar-refractivity contribution in [3.63, 3.8) is 0 Å². The molecule has 0 radical (unpaired) electrons. The number of hydrogen-bond donors (Lipinski definition) is 1. The summed E-state index contributed by atoms with van der Waals surface area (Å²) in [5.41, 5.74) is 1.20. The van der Waals surface area contributed by atoms with E-state index in [0.29, 0.717) is 17.4 Å². The molecule has 1 aromatic rings. The lowest BCUT2D eigenvalue weighted by molar-refractivity contribution is -0.122. The molecule has 5 heteroatoms. The van der Waals surface area contributed by atoms with Crippen LogP contribution in [0.5, 0.6) is 0 Å². The zero-order valence-electron chi connectivity index (χ0n) is 10.6. The van der Waals surface area contributed by atoms with E-state index < -0.39 is 0 Å². The number of halogens is 1. The summed E-state index contributed by atoms with van der Waals surface area (Å²) < 4.78 is 12.8. The molecule has 1 aliphatic rings. The van der Waals surface area contributed by atoms with Crippen LogP contribution in [0.15, 0.2) is 30.0 Å². The van der Waals surface area contributed by atoms with E-state index in [1.807, 2.05) is 0 Å². The molecule has 3 nitrogen and oxygen atoms in total. The number of rotatable bonds is 4. The van der Waals surface area contributed by atoms with Crippen molar-refractivity contribution in [2.45, 2.75) is 19.8 Å². The Labute approximate surface area is 117 Å². The summed E-state index contributed by atoms with van der Waals surface area (Å²) in [5.74, 6) is -0.421. The van der Waals surface area contributed by atoms with Crippen LogP contribution >= 0.6 is 12.2 Å². The van der Waals surface area contributed by atoms with Crippen LogP contribution in [0.25, 0.3) is 6.08 Å². The molecule has 0 aromatic heterocycles. The van der Waals surface area contributed by atoms with Crippen molar-refractivity contribution in [2.75, 3.05) is 6.54 Å². The second-order valence-corrected chi connectivity index (χ2v) is 4.74. The fraction of sp³-hybridized carbons (Fsp3) is 0.286. The van der Waals surface area contributed by atoms with Gasteiger partial charge in [-0.25, -0.2) is 4.39 Å². The summed E-state index contributed by atoms with van der Waals surface area (Å²) in [6.45, 7) is 2.69. The molecule has 19 heavy (non-hydrogen) atoms. The first-order valence-corrected chi connectivity index (χ1v) is 6.62. The Morgan fingerprint density at radius 2 is 2.05 bits per heavy atom. The van der Waals surface area contributed by atoms with Crippen LogP contribution < -0.4 is 5.32 Å². The normalized spacial score (nSPS) is 17.2. The van der Waals surface area contributed by atoms with Gasteiger partial charge in [0.15, 0.2) is 5.11 Å². The topological polar surface area (TPSA) is 32.3 Å². The van der Waals surface area contributed by atoms with Gasteiger partial charge in [0.2, 0.25) is 0 Å². The average molecular weight is 278 g/mol. The summed E-state index contributed by atoms with van der Waals surface area (Å²) >= 11 is 5.14. The van der Waals surface area contributed by atoms with Crippen LogP contribution in [0.2, 0.25) is 0 Å². The number of benzene rings is 1. The lowest BCUT2D eigenvalue weighted by Gasteiger charge is -2.12. The molecule has 1 aliphatic heterocycles. The highest BCUT2D eigenvalue weighted by Crippen LogP contribution is 2.15. The summed E-state index contributed by atoms with van der Waals surface area (Å²) in [6.07, 6.45) is 3.60. The number of hydrogen-bond acceptors (Lipinski definition) is 2. The number of nitrogens with zero attached hydrogens (tertiary/aromatic N) is 1. The van der Waals surface area contributed by atoms with Crippen LogP contribution in [-0.2, 0) is 4.79 Å². The Balaban J connectivity index is 2.16. The van der Waals surface area contributed by atoms with Crippen molar-refractivity contribution in [3.05, 3.63) is 41.3 Å². The van der Waals surface area contributed by atoms with E-state index in [0.717, 1.165) is 18.4 Å². The zero-order chi connectivity index (χ0) is 13.8. The SMILES string of the molecule is CCCCN1C(=O)/C(=C/c2ccc(F)cc2)NC1=S. The lowest BCUT2D eigenvalue weighted by Crippen LogP contribution is -2.31. The fourth-order valence-electron chi connectivity index (χ4n) is 1.82. The van der Waals surface area contributed by atoms with Gasteiger partial charge in [-0.3, -0.25) is 9.69 Å². The van der Waals surface area contributed by atoms with Gasteiger partial charge in [-0.15, -0.1) is 0 Å². The number of nitrogens with one attached hydrogen (secondary N) is 1. The second kappa shape index (κ2) is 5.93. The fourth-order valence-corrected chi connectivity index (χ4v) is 2.10. The monoisotopic (exact) mass is 278 g/mol. The lowest BCUT2D eigenvalue weighted by atomic mass is 10.2. The van der Waals surface area contributed by atoms with Crippen LogP contribution in [-0.4, -0.2) is 22.5 Å². The summed E-state index contributed by atoms with van der Waals surface area (Å²) in [6, 6.07) is 5.96. The number of unbranched alkanes of at least 4 members (excludes halogenated alkanes) is 1. The molecule has 1 aromatic carbocycles. The van der Waals surface area contributed by atoms with E-state index in [2.05, 4.69) is 12.2 Å². The Kier molecular flexibility index (Phi) is 4.27. The van der Waals surface area contributed by atoms with E-state index in [-0.39, 0.29) is 11.7 Å². The first kappa shape index (κ1) is 13.7. The number of amides is 1. The highest BCUT2D eigenvalue weighted by Gasteiger charge is 2.29. The van der Waals surface area contributed by atoms with E-state index >= 15 is 0 Å². The minimum Gasteiger partial charge on any atom is -0.328 e. The van der Waals surface area contributed by atoms with Gasteiger partial charge >= 0.3 is 0 Å². The zero-order valence-corrected chi connectivity index (χ0v) is 11.5. The molecule has 0 unspecified atom stereocenters. The van der Waals surface area contributed by atoms with Gasteiger partial charge in [-0.05, 0) is 42.4 Å². The molecule has 1 fully saturated rings. The van der Waals surface area contributed by atoms with Crippen molar-refractivity contribution in [1.29, 1.82) is 0 Å². The second-order valence-electron chi connectivity index (χ2n) is 4.35. The molecule has 1 saturated heterocycles.